The molecule has 0 atom stereocenters. The summed E-state index contributed by atoms with van der Waals surface area (Å²) < 4.78 is 15.1. The molecule has 1 N–H and O–H groups in total. The van der Waals surface area contributed by atoms with Crippen molar-refractivity contribution in [3.05, 3.63) is 51.9 Å². The van der Waals surface area contributed by atoms with Crippen LogP contribution >= 0.6 is 23.2 Å². The van der Waals surface area contributed by atoms with Crippen molar-refractivity contribution in [1.82, 2.24) is 30.1 Å². The van der Waals surface area contributed by atoms with Gasteiger partial charge in [-0.05, 0) is 60.4 Å². The Hall–Kier alpha value is -2.49. The molecule has 8 nitrogen and oxygen atoms in total. The van der Waals surface area contributed by atoms with Crippen molar-refractivity contribution in [1.29, 1.82) is 0 Å². The van der Waals surface area contributed by atoms with Crippen molar-refractivity contribution < 1.29 is 4.39 Å². The molecule has 3 aromatic rings. The Labute approximate surface area is 201 Å². The fourth-order valence-electron chi connectivity index (χ4n) is 4.20. The van der Waals surface area contributed by atoms with Crippen LogP contribution in [0.2, 0.25) is 10.0 Å². The summed E-state index contributed by atoms with van der Waals surface area (Å²) in [5, 5.41) is 14.9. The van der Waals surface area contributed by atoms with E-state index in [1.165, 1.54) is 36.2 Å². The molecule has 0 radical (unpaired) electrons. The fourth-order valence-corrected chi connectivity index (χ4v) is 4.59. The van der Waals surface area contributed by atoms with E-state index in [9.17, 15) is 4.39 Å². The zero-order chi connectivity index (χ0) is 22.8. The van der Waals surface area contributed by atoms with Gasteiger partial charge in [0.1, 0.15) is 11.6 Å². The Morgan fingerprint density at radius 3 is 2.79 bits per heavy atom. The van der Waals surface area contributed by atoms with Gasteiger partial charge >= 0.3 is 0 Å². The third kappa shape index (κ3) is 5.05. The van der Waals surface area contributed by atoms with Crippen LogP contribution < -0.4 is 10.2 Å². The van der Waals surface area contributed by atoms with Crippen LogP contribution in [0.25, 0.3) is 5.69 Å². The third-order valence-corrected chi connectivity index (χ3v) is 6.97. The van der Waals surface area contributed by atoms with E-state index in [2.05, 4.69) is 41.7 Å². The van der Waals surface area contributed by atoms with Crippen LogP contribution in [-0.4, -0.2) is 62.8 Å². The number of benzene rings is 1. The fraction of sp³-hybridized carbons (Fsp3) is 0.455. The van der Waals surface area contributed by atoms with Gasteiger partial charge in [0, 0.05) is 44.5 Å². The quantitative estimate of drug-likeness (QED) is 0.500. The van der Waals surface area contributed by atoms with E-state index in [1.807, 2.05) is 12.3 Å². The van der Waals surface area contributed by atoms with Crippen LogP contribution in [0, 0.1) is 11.7 Å². The lowest BCUT2D eigenvalue weighted by atomic mass is 10.2. The number of pyridine rings is 1. The molecule has 174 valence electrons. The Morgan fingerprint density at radius 1 is 1.06 bits per heavy atom. The van der Waals surface area contributed by atoms with E-state index in [4.69, 9.17) is 23.2 Å². The van der Waals surface area contributed by atoms with Gasteiger partial charge in [-0.1, -0.05) is 34.4 Å². The summed E-state index contributed by atoms with van der Waals surface area (Å²) in [6, 6.07) is 6.71. The van der Waals surface area contributed by atoms with E-state index in [0.29, 0.717) is 18.2 Å². The lowest BCUT2D eigenvalue weighted by Crippen LogP contribution is -2.32. The minimum Gasteiger partial charge on any atom is -0.355 e. The molecule has 1 saturated carbocycles. The Bertz CT molecular complexity index is 1120. The van der Waals surface area contributed by atoms with Gasteiger partial charge in [0.15, 0.2) is 0 Å². The molecule has 1 aliphatic heterocycles. The molecule has 0 spiro atoms. The molecular formula is C22H25Cl2FN8. The van der Waals surface area contributed by atoms with Gasteiger partial charge in [0.05, 0.1) is 15.7 Å². The number of hydrogen-bond donors (Lipinski definition) is 1. The first-order valence-corrected chi connectivity index (χ1v) is 11.9. The molecule has 1 saturated heterocycles. The molecule has 3 heterocycles. The van der Waals surface area contributed by atoms with Crippen molar-refractivity contribution in [2.24, 2.45) is 5.92 Å². The predicted octanol–water partition coefficient (Wildman–Crippen LogP) is 4.04. The second-order valence-electron chi connectivity index (χ2n) is 8.53. The maximum Gasteiger partial charge on any atom is 0.248 e. The van der Waals surface area contributed by atoms with Crippen molar-refractivity contribution in [3.63, 3.8) is 0 Å². The Morgan fingerprint density at radius 2 is 1.94 bits per heavy atom. The van der Waals surface area contributed by atoms with Crippen LogP contribution in [-0.2, 0) is 6.54 Å². The van der Waals surface area contributed by atoms with Gasteiger partial charge in [0.25, 0.3) is 0 Å². The van der Waals surface area contributed by atoms with E-state index >= 15 is 0 Å². The molecule has 33 heavy (non-hydrogen) atoms. The maximum absolute atomic E-state index is 13.7. The largest absolute Gasteiger partial charge is 0.355 e. The zero-order valence-electron chi connectivity index (χ0n) is 18.1. The smallest absolute Gasteiger partial charge is 0.248 e. The lowest BCUT2D eigenvalue weighted by molar-refractivity contribution is 0.282. The molecule has 0 unspecified atom stereocenters. The predicted molar refractivity (Wildman–Crippen MR) is 127 cm³/mol. The monoisotopic (exact) mass is 490 g/mol. The normalized spacial score (nSPS) is 17.2. The highest BCUT2D eigenvalue weighted by Gasteiger charge is 2.26. The number of tetrazole rings is 1. The molecule has 0 amide bonds. The molecule has 2 aliphatic rings. The summed E-state index contributed by atoms with van der Waals surface area (Å²) in [5.41, 5.74) is 1.44. The molecule has 2 fully saturated rings. The van der Waals surface area contributed by atoms with Crippen molar-refractivity contribution in [3.8, 4) is 5.69 Å². The molecular weight excluding hydrogens is 466 g/mol. The molecule has 2 aromatic heterocycles. The standard InChI is InChI=1S/C22H25Cl2FN8/c23-19-17(25)6-7-18(20(19)24)33-22(28-29-30-33)27-13-16-3-1-8-26-21(16)32-10-2-9-31(11-12-32)14-15-4-5-15/h1,3,6-8,15H,2,4-5,9-14H2,(H,27,28,30). The first-order valence-electron chi connectivity index (χ1n) is 11.2. The molecule has 5 rings (SSSR count). The van der Waals surface area contributed by atoms with Crippen LogP contribution in [0.1, 0.15) is 24.8 Å². The highest BCUT2D eigenvalue weighted by Crippen LogP contribution is 2.32. The van der Waals surface area contributed by atoms with E-state index < -0.39 is 5.82 Å². The van der Waals surface area contributed by atoms with E-state index in [0.717, 1.165) is 49.9 Å². The molecule has 11 heteroatoms. The van der Waals surface area contributed by atoms with Crippen molar-refractivity contribution in [2.75, 3.05) is 42.9 Å². The second kappa shape index (κ2) is 9.79. The SMILES string of the molecule is Fc1ccc(-n2nnnc2NCc2cccnc2N2CCCN(CC3CC3)CC2)c(Cl)c1Cl. The summed E-state index contributed by atoms with van der Waals surface area (Å²) in [7, 11) is 0. The van der Waals surface area contributed by atoms with Crippen molar-refractivity contribution >= 4 is 35.0 Å². The summed E-state index contributed by atoms with van der Waals surface area (Å²) in [5.74, 6) is 1.66. The number of halogens is 3. The van der Waals surface area contributed by atoms with Gasteiger partial charge in [-0.3, -0.25) is 0 Å². The van der Waals surface area contributed by atoms with E-state index in [-0.39, 0.29) is 10.0 Å². The van der Waals surface area contributed by atoms with E-state index in [1.54, 1.807) is 0 Å². The van der Waals surface area contributed by atoms with Gasteiger partial charge in [-0.2, -0.15) is 4.68 Å². The van der Waals surface area contributed by atoms with Gasteiger partial charge < -0.3 is 15.1 Å². The molecule has 1 aromatic carbocycles. The highest BCUT2D eigenvalue weighted by molar-refractivity contribution is 6.43. The van der Waals surface area contributed by atoms with Crippen molar-refractivity contribution in [2.45, 2.75) is 25.8 Å². The summed E-state index contributed by atoms with van der Waals surface area (Å²) >= 11 is 12.2. The van der Waals surface area contributed by atoms with Crippen LogP contribution in [0.5, 0.6) is 0 Å². The number of nitrogens with zero attached hydrogens (tertiary/aromatic N) is 7. The van der Waals surface area contributed by atoms with Crippen LogP contribution in [0.4, 0.5) is 16.2 Å². The summed E-state index contributed by atoms with van der Waals surface area (Å²) in [6.07, 6.45) is 5.71. The first-order chi connectivity index (χ1) is 16.1. The first kappa shape index (κ1) is 22.3. The highest BCUT2D eigenvalue weighted by atomic mass is 35.5. The van der Waals surface area contributed by atoms with Crippen LogP contribution in [0.3, 0.4) is 0 Å². The maximum atomic E-state index is 13.7. The summed E-state index contributed by atoms with van der Waals surface area (Å²) in [4.78, 5) is 9.64. The number of aromatic nitrogens is 5. The Kier molecular flexibility index (Phi) is 6.62. The van der Waals surface area contributed by atoms with Gasteiger partial charge in [-0.15, -0.1) is 0 Å². The van der Waals surface area contributed by atoms with Gasteiger partial charge in [-0.25, -0.2) is 9.37 Å². The summed E-state index contributed by atoms with van der Waals surface area (Å²) in [6.45, 7) is 5.83. The topological polar surface area (TPSA) is 75.0 Å². The Balaban J connectivity index is 1.30. The number of rotatable bonds is 7. The lowest BCUT2D eigenvalue weighted by Gasteiger charge is -2.25. The average Bonchev–Trinajstić information content (AvgIpc) is 3.58. The zero-order valence-corrected chi connectivity index (χ0v) is 19.6. The number of hydrogen-bond acceptors (Lipinski definition) is 7. The minimum absolute atomic E-state index is 0.0504. The van der Waals surface area contributed by atoms with Gasteiger partial charge in [0.2, 0.25) is 5.95 Å². The van der Waals surface area contributed by atoms with Crippen LogP contribution in [0.15, 0.2) is 30.5 Å². The second-order valence-corrected chi connectivity index (χ2v) is 9.29. The third-order valence-electron chi connectivity index (χ3n) is 6.12. The minimum atomic E-state index is -0.596. The number of anilines is 2. The molecule has 0 bridgehead atoms. The average molecular weight is 491 g/mol. The number of nitrogens with one attached hydrogen (secondary N) is 1. The molecule has 1 aliphatic carbocycles.